The molecule has 0 amide bonds. The first kappa shape index (κ1) is 18.1. The lowest BCUT2D eigenvalue weighted by Gasteiger charge is -2.19. The fraction of sp³-hybridized carbons (Fsp3) is 0.273. The Kier molecular flexibility index (Phi) is 4.67. The van der Waals surface area contributed by atoms with Crippen LogP contribution >= 0.6 is 11.8 Å². The van der Waals surface area contributed by atoms with E-state index in [1.165, 1.54) is 11.8 Å². The van der Waals surface area contributed by atoms with E-state index < -0.39 is 0 Å². The summed E-state index contributed by atoms with van der Waals surface area (Å²) in [6, 6.07) is 17.4. The zero-order valence-corrected chi connectivity index (χ0v) is 16.6. The van der Waals surface area contributed by atoms with E-state index in [4.69, 9.17) is 0 Å². The topological polar surface area (TPSA) is 69.3 Å². The Bertz CT molecular complexity index is 1260. The highest BCUT2D eigenvalue weighted by atomic mass is 32.2. The molecule has 0 aliphatic heterocycles. The lowest BCUT2D eigenvalue weighted by molar-refractivity contribution is -0.119. The van der Waals surface area contributed by atoms with Crippen LogP contribution in [-0.2, 0) is 11.3 Å². The van der Waals surface area contributed by atoms with Gasteiger partial charge in [-0.2, -0.15) is 0 Å². The Morgan fingerprint density at radius 2 is 1.76 bits per heavy atom. The van der Waals surface area contributed by atoms with Gasteiger partial charge in [0.2, 0.25) is 5.78 Å². The van der Waals surface area contributed by atoms with Crippen LogP contribution < -0.4 is 5.56 Å². The average Bonchev–Trinajstić information content (AvgIpc) is 3.17. The predicted octanol–water partition coefficient (Wildman–Crippen LogP) is 3.70. The first-order valence-corrected chi connectivity index (χ1v) is 10.7. The molecule has 1 aliphatic rings. The second kappa shape index (κ2) is 7.48. The molecule has 2 aromatic carbocycles. The summed E-state index contributed by atoms with van der Waals surface area (Å²) in [5.74, 6) is 0.781. The smallest absolute Gasteiger partial charge is 0.263 e. The maximum Gasteiger partial charge on any atom is 0.263 e. The number of thioether (sulfide) groups is 1. The van der Waals surface area contributed by atoms with Gasteiger partial charge in [-0.3, -0.25) is 18.6 Å². The highest BCUT2D eigenvalue weighted by Gasteiger charge is 2.26. The standard InChI is InChI=1S/C22H20N4O2S/c27-18-12-6-7-13-19(18)29-22-24-23-21-25(14-15-8-2-1-3-9-15)20(28)16-10-4-5-11-17(16)26(21)22/h1-5,8-11,19H,6-7,12-14H2/t19-/m1/s1. The van der Waals surface area contributed by atoms with Crippen molar-refractivity contribution in [2.75, 3.05) is 0 Å². The van der Waals surface area contributed by atoms with Crippen molar-refractivity contribution in [3.8, 4) is 0 Å². The number of benzene rings is 2. The molecule has 146 valence electrons. The number of hydrogen-bond donors (Lipinski definition) is 0. The fourth-order valence-corrected chi connectivity index (χ4v) is 5.08. The van der Waals surface area contributed by atoms with Gasteiger partial charge in [0.25, 0.3) is 5.56 Å². The van der Waals surface area contributed by atoms with Crippen LogP contribution in [0, 0.1) is 0 Å². The predicted molar refractivity (Wildman–Crippen MR) is 113 cm³/mol. The summed E-state index contributed by atoms with van der Waals surface area (Å²) >= 11 is 1.47. The molecule has 7 heteroatoms. The Labute approximate surface area is 171 Å². The minimum Gasteiger partial charge on any atom is -0.298 e. The molecule has 29 heavy (non-hydrogen) atoms. The van der Waals surface area contributed by atoms with E-state index in [0.29, 0.717) is 29.3 Å². The van der Waals surface area contributed by atoms with Gasteiger partial charge >= 0.3 is 0 Å². The molecule has 1 aliphatic carbocycles. The number of nitrogens with zero attached hydrogens (tertiary/aromatic N) is 4. The number of Topliss-reactive ketones (excluding diaryl/α,β-unsaturated/α-hetero) is 1. The quantitative estimate of drug-likeness (QED) is 0.519. The maximum atomic E-state index is 13.2. The molecule has 0 radical (unpaired) electrons. The minimum absolute atomic E-state index is 0.0883. The molecule has 0 N–H and O–H groups in total. The molecule has 0 saturated heterocycles. The number of fused-ring (bicyclic) bond motifs is 3. The fourth-order valence-electron chi connectivity index (χ4n) is 3.92. The second-order valence-electron chi connectivity index (χ2n) is 7.33. The SMILES string of the molecule is O=C1CCCC[C@H]1Sc1nnc2n(Cc3ccccc3)c(=O)c3ccccc3n12. The average molecular weight is 404 g/mol. The number of aromatic nitrogens is 4. The van der Waals surface area contributed by atoms with Gasteiger partial charge in [0, 0.05) is 6.42 Å². The van der Waals surface area contributed by atoms with Crippen LogP contribution in [0.3, 0.4) is 0 Å². The maximum absolute atomic E-state index is 13.2. The van der Waals surface area contributed by atoms with Gasteiger partial charge in [-0.15, -0.1) is 10.2 Å². The van der Waals surface area contributed by atoms with Gasteiger partial charge in [0.1, 0.15) is 5.78 Å². The Morgan fingerprint density at radius 1 is 0.966 bits per heavy atom. The zero-order valence-electron chi connectivity index (χ0n) is 15.8. The Morgan fingerprint density at radius 3 is 2.59 bits per heavy atom. The number of rotatable bonds is 4. The van der Waals surface area contributed by atoms with Gasteiger partial charge < -0.3 is 0 Å². The van der Waals surface area contributed by atoms with Crippen molar-refractivity contribution < 1.29 is 4.79 Å². The molecule has 2 aromatic heterocycles. The lowest BCUT2D eigenvalue weighted by Crippen LogP contribution is -2.24. The van der Waals surface area contributed by atoms with Gasteiger partial charge in [-0.25, -0.2) is 0 Å². The van der Waals surface area contributed by atoms with Gasteiger partial charge in [-0.1, -0.05) is 60.6 Å². The monoisotopic (exact) mass is 404 g/mol. The first-order valence-electron chi connectivity index (χ1n) is 9.82. The number of carbonyl (C=O) groups excluding carboxylic acids is 1. The highest BCUT2D eigenvalue weighted by Crippen LogP contribution is 2.32. The first-order chi connectivity index (χ1) is 14.2. The molecular formula is C22H20N4O2S. The summed E-state index contributed by atoms with van der Waals surface area (Å²) in [5, 5.41) is 9.93. The number of ketones is 1. The van der Waals surface area contributed by atoms with Gasteiger partial charge in [0.15, 0.2) is 5.16 Å². The molecule has 0 spiro atoms. The van der Waals surface area contributed by atoms with E-state index in [0.717, 1.165) is 30.3 Å². The van der Waals surface area contributed by atoms with Crippen LogP contribution in [0.15, 0.2) is 64.5 Å². The molecule has 2 heterocycles. The molecule has 1 atom stereocenters. The zero-order chi connectivity index (χ0) is 19.8. The molecule has 0 bridgehead atoms. The largest absolute Gasteiger partial charge is 0.298 e. The third-order valence-electron chi connectivity index (χ3n) is 5.41. The third-order valence-corrected chi connectivity index (χ3v) is 6.67. The van der Waals surface area contributed by atoms with Crippen molar-refractivity contribution >= 4 is 34.2 Å². The van der Waals surface area contributed by atoms with Crippen LogP contribution in [0.25, 0.3) is 16.7 Å². The molecule has 5 rings (SSSR count). The van der Waals surface area contributed by atoms with Crippen LogP contribution in [0.4, 0.5) is 0 Å². The van der Waals surface area contributed by atoms with Crippen molar-refractivity contribution in [3.05, 3.63) is 70.5 Å². The third kappa shape index (κ3) is 3.25. The summed E-state index contributed by atoms with van der Waals surface area (Å²) < 4.78 is 3.59. The van der Waals surface area contributed by atoms with E-state index in [2.05, 4.69) is 10.2 Å². The minimum atomic E-state index is -0.0931. The molecule has 0 unspecified atom stereocenters. The molecular weight excluding hydrogens is 384 g/mol. The lowest BCUT2D eigenvalue weighted by atomic mass is 9.99. The summed E-state index contributed by atoms with van der Waals surface area (Å²) in [5.41, 5.74) is 1.70. The van der Waals surface area contributed by atoms with E-state index in [9.17, 15) is 9.59 Å². The number of carbonyl (C=O) groups is 1. The van der Waals surface area contributed by atoms with Gasteiger partial charge in [-0.05, 0) is 30.5 Å². The number of para-hydroxylation sites is 1. The molecule has 1 saturated carbocycles. The molecule has 6 nitrogen and oxygen atoms in total. The Balaban J connectivity index is 1.69. The van der Waals surface area contributed by atoms with Crippen molar-refractivity contribution in [2.45, 2.75) is 42.6 Å². The van der Waals surface area contributed by atoms with Crippen molar-refractivity contribution in [3.63, 3.8) is 0 Å². The van der Waals surface area contributed by atoms with E-state index in [1.807, 2.05) is 59.0 Å². The molecule has 1 fully saturated rings. The van der Waals surface area contributed by atoms with E-state index in [-0.39, 0.29) is 16.6 Å². The molecule has 4 aromatic rings. The van der Waals surface area contributed by atoms with Crippen molar-refractivity contribution in [2.24, 2.45) is 0 Å². The van der Waals surface area contributed by atoms with Gasteiger partial charge in [0.05, 0.1) is 22.7 Å². The Hall–Kier alpha value is -2.93. The summed E-state index contributed by atoms with van der Waals surface area (Å²) in [4.78, 5) is 25.6. The van der Waals surface area contributed by atoms with Crippen molar-refractivity contribution in [1.82, 2.24) is 19.2 Å². The van der Waals surface area contributed by atoms with Crippen molar-refractivity contribution in [1.29, 1.82) is 0 Å². The number of hydrogen-bond acceptors (Lipinski definition) is 5. The second-order valence-corrected chi connectivity index (χ2v) is 8.50. The van der Waals surface area contributed by atoms with Crippen LogP contribution in [0.1, 0.15) is 31.2 Å². The van der Waals surface area contributed by atoms with E-state index >= 15 is 0 Å². The van der Waals surface area contributed by atoms with E-state index in [1.54, 1.807) is 4.57 Å². The summed E-state index contributed by atoms with van der Waals surface area (Å²) in [6.07, 6.45) is 3.52. The summed E-state index contributed by atoms with van der Waals surface area (Å²) in [7, 11) is 0. The van der Waals surface area contributed by atoms with Crippen LogP contribution in [0.5, 0.6) is 0 Å². The van der Waals surface area contributed by atoms with Crippen LogP contribution in [-0.4, -0.2) is 30.2 Å². The van der Waals surface area contributed by atoms with Crippen LogP contribution in [0.2, 0.25) is 0 Å². The summed E-state index contributed by atoms with van der Waals surface area (Å²) in [6.45, 7) is 0.416. The normalized spacial score (nSPS) is 17.2. The highest BCUT2D eigenvalue weighted by molar-refractivity contribution is 8.00.